The summed E-state index contributed by atoms with van der Waals surface area (Å²) >= 11 is 3.70. The van der Waals surface area contributed by atoms with Gasteiger partial charge in [-0.3, -0.25) is 20.4 Å². The lowest BCUT2D eigenvalue weighted by Gasteiger charge is -2.19. The minimum absolute atomic E-state index is 0.262. The summed E-state index contributed by atoms with van der Waals surface area (Å²) in [7, 11) is 0. The van der Waals surface area contributed by atoms with E-state index in [-0.39, 0.29) is 11.4 Å². The van der Waals surface area contributed by atoms with Crippen molar-refractivity contribution in [2.75, 3.05) is 0 Å². The van der Waals surface area contributed by atoms with Gasteiger partial charge in [0.2, 0.25) is 0 Å². The van der Waals surface area contributed by atoms with Gasteiger partial charge in [0.05, 0.1) is 11.1 Å². The largest absolute Gasteiger partial charge is 0.443 e. The van der Waals surface area contributed by atoms with E-state index in [0.717, 1.165) is 0 Å². The van der Waals surface area contributed by atoms with Crippen LogP contribution in [0, 0.1) is 18.8 Å². The molecule has 31 heavy (non-hydrogen) atoms. The SMILES string of the molecule is CC(C)(C)OC(=O)NNC(=O)c1ccc(F)cc1I.NNC(=O)c1ccc(F)cc1I. The van der Waals surface area contributed by atoms with Gasteiger partial charge in [0.1, 0.15) is 17.2 Å². The first kappa shape index (κ1) is 27.0. The van der Waals surface area contributed by atoms with Crippen molar-refractivity contribution >= 4 is 63.1 Å². The molecule has 2 aromatic carbocycles. The fourth-order valence-electron chi connectivity index (χ4n) is 1.90. The lowest BCUT2D eigenvalue weighted by molar-refractivity contribution is 0.0483. The Morgan fingerprint density at radius 1 is 0.871 bits per heavy atom. The van der Waals surface area contributed by atoms with Gasteiger partial charge in [0, 0.05) is 7.14 Å². The first-order valence-corrected chi connectivity index (χ1v) is 10.7. The van der Waals surface area contributed by atoms with Crippen molar-refractivity contribution in [1.29, 1.82) is 0 Å². The Morgan fingerprint density at radius 2 is 1.32 bits per heavy atom. The molecule has 0 fully saturated rings. The fourth-order valence-corrected chi connectivity index (χ4v) is 3.35. The van der Waals surface area contributed by atoms with Gasteiger partial charge in [-0.15, -0.1) is 0 Å². The summed E-state index contributed by atoms with van der Waals surface area (Å²) in [6, 6.07) is 7.61. The van der Waals surface area contributed by atoms with E-state index < -0.39 is 29.3 Å². The van der Waals surface area contributed by atoms with Gasteiger partial charge in [-0.25, -0.2) is 24.8 Å². The number of benzene rings is 2. The number of ether oxygens (including phenoxy) is 1. The average Bonchev–Trinajstić information content (AvgIpc) is 2.65. The molecular formula is C19H20F2I2N4O4. The van der Waals surface area contributed by atoms with Crippen LogP contribution in [0.1, 0.15) is 41.5 Å². The lowest BCUT2D eigenvalue weighted by Crippen LogP contribution is -2.44. The number of halogens is 4. The van der Waals surface area contributed by atoms with Crippen molar-refractivity contribution in [3.05, 3.63) is 66.3 Å². The van der Waals surface area contributed by atoms with Crippen molar-refractivity contribution in [2.24, 2.45) is 5.84 Å². The second-order valence-electron chi connectivity index (χ2n) is 6.80. The molecule has 0 radical (unpaired) electrons. The molecule has 0 saturated heterocycles. The first-order chi connectivity index (χ1) is 14.3. The molecule has 0 aliphatic carbocycles. The Kier molecular flexibility index (Phi) is 10.5. The number of carbonyl (C=O) groups excluding carboxylic acids is 3. The summed E-state index contributed by atoms with van der Waals surface area (Å²) in [5.41, 5.74) is 6.27. The van der Waals surface area contributed by atoms with Gasteiger partial charge in [-0.1, -0.05) is 0 Å². The van der Waals surface area contributed by atoms with E-state index in [9.17, 15) is 23.2 Å². The number of hydrazine groups is 2. The molecule has 8 nitrogen and oxygen atoms in total. The number of nitrogens with two attached hydrogens (primary N) is 1. The first-order valence-electron chi connectivity index (χ1n) is 8.54. The second kappa shape index (κ2) is 12.1. The monoisotopic (exact) mass is 660 g/mol. The van der Waals surface area contributed by atoms with Crippen LogP contribution in [0.3, 0.4) is 0 Å². The minimum Gasteiger partial charge on any atom is -0.443 e. The molecule has 2 rings (SSSR count). The molecule has 2 aromatic rings. The maximum absolute atomic E-state index is 12.9. The second-order valence-corrected chi connectivity index (χ2v) is 9.13. The maximum Gasteiger partial charge on any atom is 0.426 e. The number of hydrogen-bond acceptors (Lipinski definition) is 5. The van der Waals surface area contributed by atoms with Gasteiger partial charge in [0.15, 0.2) is 0 Å². The van der Waals surface area contributed by atoms with Crippen LogP contribution in [0.4, 0.5) is 13.6 Å². The highest BCUT2D eigenvalue weighted by Gasteiger charge is 2.17. The Morgan fingerprint density at radius 3 is 1.71 bits per heavy atom. The Bertz CT molecular complexity index is 968. The Balaban J connectivity index is 0.000000343. The van der Waals surface area contributed by atoms with Gasteiger partial charge in [0.25, 0.3) is 11.8 Å². The zero-order valence-corrected chi connectivity index (χ0v) is 21.0. The third-order valence-electron chi connectivity index (χ3n) is 3.16. The molecule has 0 unspecified atom stereocenters. The van der Waals surface area contributed by atoms with E-state index in [1.807, 2.05) is 50.6 Å². The molecule has 0 spiro atoms. The third-order valence-corrected chi connectivity index (χ3v) is 4.94. The topological polar surface area (TPSA) is 123 Å². The molecule has 0 heterocycles. The minimum atomic E-state index is -0.766. The Hall–Kier alpha value is -2.07. The van der Waals surface area contributed by atoms with E-state index in [0.29, 0.717) is 12.7 Å². The van der Waals surface area contributed by atoms with E-state index in [1.54, 1.807) is 20.8 Å². The van der Waals surface area contributed by atoms with Crippen molar-refractivity contribution < 1.29 is 27.9 Å². The summed E-state index contributed by atoms with van der Waals surface area (Å²) < 4.78 is 31.4. The van der Waals surface area contributed by atoms with Gasteiger partial charge < -0.3 is 4.74 Å². The highest BCUT2D eigenvalue weighted by molar-refractivity contribution is 14.1. The zero-order valence-electron chi connectivity index (χ0n) is 16.7. The van der Waals surface area contributed by atoms with Crippen LogP contribution < -0.4 is 22.1 Å². The van der Waals surface area contributed by atoms with Crippen LogP contribution in [0.2, 0.25) is 0 Å². The molecule has 168 valence electrons. The fraction of sp³-hybridized carbons (Fsp3) is 0.211. The molecular weight excluding hydrogens is 640 g/mol. The van der Waals surface area contributed by atoms with E-state index >= 15 is 0 Å². The number of amides is 3. The predicted octanol–water partition coefficient (Wildman–Crippen LogP) is 3.63. The van der Waals surface area contributed by atoms with Gasteiger partial charge >= 0.3 is 6.09 Å². The number of hydrogen-bond donors (Lipinski definition) is 4. The van der Waals surface area contributed by atoms with Gasteiger partial charge in [-0.05, 0) is 102 Å². The van der Waals surface area contributed by atoms with E-state index in [4.69, 9.17) is 10.6 Å². The summed E-state index contributed by atoms with van der Waals surface area (Å²) in [6.07, 6.45) is -0.766. The summed E-state index contributed by atoms with van der Waals surface area (Å²) in [6.45, 7) is 5.12. The van der Waals surface area contributed by atoms with Crippen molar-refractivity contribution in [3.8, 4) is 0 Å². The normalized spacial score (nSPS) is 10.3. The van der Waals surface area contributed by atoms with Crippen LogP contribution in [0.5, 0.6) is 0 Å². The highest BCUT2D eigenvalue weighted by atomic mass is 127. The Labute approximate surface area is 204 Å². The lowest BCUT2D eigenvalue weighted by atomic mass is 10.2. The number of carbonyl (C=O) groups is 3. The van der Waals surface area contributed by atoms with E-state index in [1.165, 1.54) is 36.4 Å². The summed E-state index contributed by atoms with van der Waals surface area (Å²) in [5.74, 6) is 3.15. The van der Waals surface area contributed by atoms with Crippen LogP contribution in [0.15, 0.2) is 36.4 Å². The molecule has 5 N–H and O–H groups in total. The highest BCUT2D eigenvalue weighted by Crippen LogP contribution is 2.14. The molecule has 3 amide bonds. The molecule has 12 heteroatoms. The van der Waals surface area contributed by atoms with Crippen LogP contribution in [-0.4, -0.2) is 23.5 Å². The average molecular weight is 660 g/mol. The summed E-state index contributed by atoms with van der Waals surface area (Å²) in [4.78, 5) is 34.0. The van der Waals surface area contributed by atoms with Crippen molar-refractivity contribution in [2.45, 2.75) is 26.4 Å². The number of nitrogens with one attached hydrogen (secondary N) is 3. The molecule has 0 bridgehead atoms. The van der Waals surface area contributed by atoms with Gasteiger partial charge in [-0.2, -0.15) is 0 Å². The van der Waals surface area contributed by atoms with Crippen molar-refractivity contribution in [3.63, 3.8) is 0 Å². The summed E-state index contributed by atoms with van der Waals surface area (Å²) in [5, 5.41) is 0. The maximum atomic E-state index is 12.9. The third kappa shape index (κ3) is 9.73. The molecule has 0 aromatic heterocycles. The van der Waals surface area contributed by atoms with Crippen LogP contribution >= 0.6 is 45.2 Å². The quantitative estimate of drug-likeness (QED) is 0.170. The smallest absolute Gasteiger partial charge is 0.426 e. The molecule has 0 saturated carbocycles. The van der Waals surface area contributed by atoms with E-state index in [2.05, 4.69) is 10.9 Å². The number of nitrogen functional groups attached to an aromatic ring is 1. The predicted molar refractivity (Wildman–Crippen MR) is 127 cm³/mol. The number of rotatable bonds is 2. The van der Waals surface area contributed by atoms with Crippen molar-refractivity contribution in [1.82, 2.24) is 16.3 Å². The molecule has 0 aliphatic rings. The molecule has 0 atom stereocenters. The van der Waals surface area contributed by atoms with Crippen LogP contribution in [-0.2, 0) is 4.74 Å². The standard InChI is InChI=1S/C12H14FIN2O3.C7H6FIN2O/c1-12(2,3)19-11(18)16-15-10(17)8-5-4-7(13)6-9(8)14;8-4-1-2-5(6(9)3-4)7(12)11-10/h4-6H,1-3H3,(H,15,17)(H,16,18);1-3H,10H2,(H,11,12). The molecule has 0 aliphatic heterocycles. The van der Waals surface area contributed by atoms with Crippen LogP contribution in [0.25, 0.3) is 0 Å². The zero-order chi connectivity index (χ0) is 23.8.